The molecular formula is C19H21NO3S. The second-order valence-corrected chi connectivity index (χ2v) is 7.44. The van der Waals surface area contributed by atoms with E-state index in [1.165, 1.54) is 17.4 Å². The molecular weight excluding hydrogens is 322 g/mol. The predicted octanol–water partition coefficient (Wildman–Crippen LogP) is 2.23. The molecule has 0 saturated heterocycles. The Labute approximate surface area is 144 Å². The number of carbonyl (C=O) groups is 1. The predicted molar refractivity (Wildman–Crippen MR) is 98.8 cm³/mol. The van der Waals surface area contributed by atoms with Crippen LogP contribution in [0.2, 0.25) is 0 Å². The lowest BCUT2D eigenvalue weighted by atomic mass is 9.91. The molecule has 2 aromatic rings. The lowest BCUT2D eigenvalue weighted by Gasteiger charge is -2.12. The zero-order chi connectivity index (χ0) is 17.7. The van der Waals surface area contributed by atoms with Gasteiger partial charge in [0.15, 0.2) is 5.78 Å². The van der Waals surface area contributed by atoms with Gasteiger partial charge in [-0.1, -0.05) is 45.6 Å². The first-order valence-electron chi connectivity index (χ1n) is 7.60. The van der Waals surface area contributed by atoms with E-state index < -0.39 is 5.41 Å². The largest absolute Gasteiger partial charge is 0.490 e. The molecule has 1 aromatic carbocycles. The van der Waals surface area contributed by atoms with E-state index in [0.29, 0.717) is 15.8 Å². The zero-order valence-electron chi connectivity index (χ0n) is 14.1. The molecule has 4 nitrogen and oxygen atoms in total. The average Bonchev–Trinajstić information content (AvgIpc) is 2.85. The quantitative estimate of drug-likeness (QED) is 0.847. The van der Waals surface area contributed by atoms with Crippen molar-refractivity contribution in [2.24, 2.45) is 5.41 Å². The molecule has 0 amide bonds. The van der Waals surface area contributed by atoms with Gasteiger partial charge in [-0.15, -0.1) is 11.3 Å². The monoisotopic (exact) mass is 343 g/mol. The highest BCUT2D eigenvalue weighted by atomic mass is 32.1. The van der Waals surface area contributed by atoms with Crippen molar-refractivity contribution in [1.82, 2.24) is 4.98 Å². The van der Waals surface area contributed by atoms with Crippen molar-refractivity contribution in [3.63, 3.8) is 0 Å². The summed E-state index contributed by atoms with van der Waals surface area (Å²) in [5.41, 5.74) is 0.230. The number of ether oxygens (including phenoxy) is 1. The number of carbonyl (C=O) groups excluding carboxylic acids is 1. The number of H-pyrrole nitrogens is 1. The molecule has 1 aromatic heterocycles. The molecule has 126 valence electrons. The molecule has 5 heteroatoms. The zero-order valence-corrected chi connectivity index (χ0v) is 14.9. The van der Waals surface area contributed by atoms with E-state index in [-0.39, 0.29) is 11.3 Å². The van der Waals surface area contributed by atoms with Crippen molar-refractivity contribution in [1.29, 1.82) is 0 Å². The highest BCUT2D eigenvalue weighted by Gasteiger charge is 2.18. The van der Waals surface area contributed by atoms with Crippen molar-refractivity contribution in [3.8, 4) is 5.75 Å². The summed E-state index contributed by atoms with van der Waals surface area (Å²) in [6.45, 7) is 9.60. The van der Waals surface area contributed by atoms with Gasteiger partial charge in [0.1, 0.15) is 12.4 Å². The maximum atomic E-state index is 12.0. The Hall–Kier alpha value is -2.40. The van der Waals surface area contributed by atoms with Crippen LogP contribution in [0.25, 0.3) is 12.2 Å². The number of benzene rings is 1. The van der Waals surface area contributed by atoms with Gasteiger partial charge >= 0.3 is 0 Å². The number of ketones is 1. The van der Waals surface area contributed by atoms with Gasteiger partial charge in [0.05, 0.1) is 9.20 Å². The van der Waals surface area contributed by atoms with Crippen LogP contribution in [0.4, 0.5) is 0 Å². The third-order valence-electron chi connectivity index (χ3n) is 3.23. The van der Waals surface area contributed by atoms with Crippen LogP contribution in [0.5, 0.6) is 5.75 Å². The number of hydrogen-bond donors (Lipinski definition) is 1. The molecule has 0 unspecified atom stereocenters. The lowest BCUT2D eigenvalue weighted by Crippen LogP contribution is -2.22. The number of Topliss-reactive ketones (excluding diaryl/α,β-unsaturated/α-hetero) is 1. The summed E-state index contributed by atoms with van der Waals surface area (Å²) in [6, 6.07) is 7.43. The standard InChI is InChI=1S/C19H21NO3S/c1-5-10-23-14-8-6-13(7-9-14)11-15-18(22)20-17(24-15)12-16(21)19(2,3)4/h5-9,11-12H,1,10H2,2-4H3,(H,20,22)/b15-11-,17-12+. The van der Waals surface area contributed by atoms with Crippen molar-refractivity contribution in [2.45, 2.75) is 20.8 Å². The fourth-order valence-electron chi connectivity index (χ4n) is 1.83. The van der Waals surface area contributed by atoms with Crippen molar-refractivity contribution < 1.29 is 9.53 Å². The fourth-order valence-corrected chi connectivity index (χ4v) is 2.71. The van der Waals surface area contributed by atoms with Crippen molar-refractivity contribution in [3.05, 3.63) is 62.0 Å². The first-order valence-corrected chi connectivity index (χ1v) is 8.42. The molecule has 0 aliphatic rings. The number of aromatic nitrogens is 1. The molecule has 0 aliphatic heterocycles. The molecule has 0 saturated carbocycles. The second kappa shape index (κ2) is 7.45. The first kappa shape index (κ1) is 17.9. The topological polar surface area (TPSA) is 59.2 Å². The minimum absolute atomic E-state index is 0.0183. The Morgan fingerprint density at radius 3 is 2.54 bits per heavy atom. The summed E-state index contributed by atoms with van der Waals surface area (Å²) >= 11 is 1.27. The molecule has 24 heavy (non-hydrogen) atoms. The van der Waals surface area contributed by atoms with Gasteiger partial charge in [-0.05, 0) is 23.8 Å². The van der Waals surface area contributed by atoms with Crippen molar-refractivity contribution >= 4 is 29.3 Å². The van der Waals surface area contributed by atoms with E-state index in [0.717, 1.165) is 11.3 Å². The van der Waals surface area contributed by atoms with Crippen LogP contribution in [0.15, 0.2) is 41.7 Å². The van der Waals surface area contributed by atoms with E-state index in [4.69, 9.17) is 4.74 Å². The van der Waals surface area contributed by atoms with Gasteiger partial charge in [0.2, 0.25) is 0 Å². The SMILES string of the molecule is C=CCOc1ccc(/C=c2\s/c(=C/C(=O)C(C)(C)C)[nH]c2=O)cc1. The van der Waals surface area contributed by atoms with Gasteiger partial charge in [-0.2, -0.15) is 0 Å². The summed E-state index contributed by atoms with van der Waals surface area (Å²) < 4.78 is 6.55. The van der Waals surface area contributed by atoms with E-state index in [1.807, 2.05) is 45.0 Å². The fraction of sp³-hybridized carbons (Fsp3) is 0.263. The van der Waals surface area contributed by atoms with Crippen molar-refractivity contribution in [2.75, 3.05) is 6.61 Å². The Balaban J connectivity index is 2.31. The van der Waals surface area contributed by atoms with Gasteiger partial charge < -0.3 is 9.72 Å². The summed E-state index contributed by atoms with van der Waals surface area (Å²) in [5.74, 6) is 0.729. The summed E-state index contributed by atoms with van der Waals surface area (Å²) in [6.07, 6.45) is 4.97. The van der Waals surface area contributed by atoms with E-state index in [2.05, 4.69) is 11.6 Å². The van der Waals surface area contributed by atoms with Gasteiger partial charge in [0.25, 0.3) is 5.56 Å². The highest BCUT2D eigenvalue weighted by Crippen LogP contribution is 2.15. The maximum Gasteiger partial charge on any atom is 0.266 e. The van der Waals surface area contributed by atoms with Gasteiger partial charge in [-0.3, -0.25) is 9.59 Å². The number of nitrogens with one attached hydrogen (secondary N) is 1. The molecule has 0 aliphatic carbocycles. The minimum atomic E-state index is -0.466. The Morgan fingerprint density at radius 2 is 1.96 bits per heavy atom. The first-order chi connectivity index (χ1) is 11.3. The summed E-state index contributed by atoms with van der Waals surface area (Å²) in [5, 5.41) is 0. The molecule has 0 fully saturated rings. The molecule has 0 spiro atoms. The molecule has 0 radical (unpaired) electrons. The molecule has 1 heterocycles. The minimum Gasteiger partial charge on any atom is -0.490 e. The summed E-state index contributed by atoms with van der Waals surface area (Å²) in [7, 11) is 0. The third-order valence-corrected chi connectivity index (χ3v) is 4.19. The Morgan fingerprint density at radius 1 is 1.29 bits per heavy atom. The number of hydrogen-bond acceptors (Lipinski definition) is 4. The van der Waals surface area contributed by atoms with Crippen LogP contribution < -0.4 is 19.5 Å². The van der Waals surface area contributed by atoms with E-state index in [9.17, 15) is 9.59 Å². The number of rotatable bonds is 5. The third kappa shape index (κ3) is 4.80. The number of thiazole rings is 1. The highest BCUT2D eigenvalue weighted by molar-refractivity contribution is 7.07. The average molecular weight is 343 g/mol. The van der Waals surface area contributed by atoms with Gasteiger partial charge in [0, 0.05) is 11.5 Å². The van der Waals surface area contributed by atoms with Crippen LogP contribution in [0.3, 0.4) is 0 Å². The lowest BCUT2D eigenvalue weighted by molar-refractivity contribution is -0.119. The van der Waals surface area contributed by atoms with Crippen LogP contribution in [0, 0.1) is 5.41 Å². The maximum absolute atomic E-state index is 12.0. The van der Waals surface area contributed by atoms with Crippen LogP contribution >= 0.6 is 11.3 Å². The van der Waals surface area contributed by atoms with Gasteiger partial charge in [-0.25, -0.2) is 0 Å². The Bertz CT molecular complexity index is 896. The second-order valence-electron chi connectivity index (χ2n) is 6.36. The van der Waals surface area contributed by atoms with E-state index >= 15 is 0 Å². The molecule has 0 bridgehead atoms. The molecule has 0 atom stereocenters. The normalized spacial score (nSPS) is 13.1. The number of aromatic amines is 1. The van der Waals surface area contributed by atoms with Crippen LogP contribution in [-0.4, -0.2) is 17.4 Å². The molecule has 2 rings (SSSR count). The van der Waals surface area contributed by atoms with E-state index in [1.54, 1.807) is 12.2 Å². The molecule has 1 N–H and O–H groups in total. The Kier molecular flexibility index (Phi) is 5.57. The van der Waals surface area contributed by atoms with Crippen LogP contribution in [0.1, 0.15) is 26.3 Å². The van der Waals surface area contributed by atoms with Crippen LogP contribution in [-0.2, 0) is 4.79 Å². The smallest absolute Gasteiger partial charge is 0.266 e. The summed E-state index contributed by atoms with van der Waals surface area (Å²) in [4.78, 5) is 26.8.